The summed E-state index contributed by atoms with van der Waals surface area (Å²) in [5.41, 5.74) is 3.13. The first-order chi connectivity index (χ1) is 12.0. The van der Waals surface area contributed by atoms with Gasteiger partial charge in [0.25, 0.3) is 0 Å². The molecule has 0 bridgehead atoms. The summed E-state index contributed by atoms with van der Waals surface area (Å²) < 4.78 is 28.2. The molecule has 4 rings (SSSR count). The zero-order chi connectivity index (χ0) is 17.6. The molecule has 0 unspecified atom stereocenters. The number of hydrogen-bond donors (Lipinski definition) is 1. The van der Waals surface area contributed by atoms with E-state index >= 15 is 0 Å². The summed E-state index contributed by atoms with van der Waals surface area (Å²) in [6.45, 7) is 1.85. The van der Waals surface area contributed by atoms with Crippen molar-refractivity contribution in [3.05, 3.63) is 47.5 Å². The van der Waals surface area contributed by atoms with Gasteiger partial charge in [-0.2, -0.15) is 0 Å². The number of hydrogen-bond acceptors (Lipinski definition) is 4. The summed E-state index contributed by atoms with van der Waals surface area (Å²) in [5, 5.41) is 3.16. The molecule has 2 aromatic carbocycles. The Morgan fingerprint density at radius 2 is 1.80 bits per heavy atom. The van der Waals surface area contributed by atoms with Crippen LogP contribution in [0.25, 0.3) is 0 Å². The van der Waals surface area contributed by atoms with E-state index in [0.717, 1.165) is 37.3 Å². The molecule has 130 valence electrons. The van der Waals surface area contributed by atoms with Gasteiger partial charge >= 0.3 is 0 Å². The molecule has 0 spiro atoms. The molecule has 2 heterocycles. The molecule has 2 aliphatic heterocycles. The summed E-state index contributed by atoms with van der Waals surface area (Å²) in [4.78, 5) is 8.78. The van der Waals surface area contributed by atoms with Crippen LogP contribution in [0.2, 0.25) is 0 Å². The van der Waals surface area contributed by atoms with Gasteiger partial charge in [-0.3, -0.25) is 0 Å². The van der Waals surface area contributed by atoms with Crippen LogP contribution in [-0.2, 0) is 0 Å². The number of aliphatic imine (C=N–C) groups is 1. The van der Waals surface area contributed by atoms with Crippen molar-refractivity contribution in [2.75, 3.05) is 37.4 Å². The van der Waals surface area contributed by atoms with Crippen molar-refractivity contribution in [3.8, 4) is 0 Å². The van der Waals surface area contributed by atoms with Gasteiger partial charge in [0.05, 0.1) is 22.7 Å². The predicted octanol–water partition coefficient (Wildman–Crippen LogP) is 4.26. The van der Waals surface area contributed by atoms with Crippen molar-refractivity contribution in [1.82, 2.24) is 4.90 Å². The van der Waals surface area contributed by atoms with Crippen molar-refractivity contribution >= 4 is 28.6 Å². The molecule has 2 aromatic rings. The highest BCUT2D eigenvalue weighted by atomic mass is 19.1. The number of rotatable bonds is 1. The predicted molar refractivity (Wildman–Crippen MR) is 97.4 cm³/mol. The average Bonchev–Trinajstić information content (AvgIpc) is 3.04. The van der Waals surface area contributed by atoms with Crippen LogP contribution in [0, 0.1) is 11.6 Å². The van der Waals surface area contributed by atoms with E-state index in [4.69, 9.17) is 4.99 Å². The lowest BCUT2D eigenvalue weighted by Crippen LogP contribution is -2.28. The Bertz CT molecular complexity index is 855. The van der Waals surface area contributed by atoms with Gasteiger partial charge in [0, 0.05) is 38.8 Å². The molecule has 0 aliphatic carbocycles. The van der Waals surface area contributed by atoms with E-state index < -0.39 is 0 Å². The summed E-state index contributed by atoms with van der Waals surface area (Å²) in [7, 11) is 3.59. The lowest BCUT2D eigenvalue weighted by Gasteiger charge is -2.21. The van der Waals surface area contributed by atoms with Gasteiger partial charge in [-0.15, -0.1) is 0 Å². The summed E-state index contributed by atoms with van der Waals surface area (Å²) in [6.07, 6.45) is 2.23. The van der Waals surface area contributed by atoms with Crippen LogP contribution >= 0.6 is 0 Å². The Kier molecular flexibility index (Phi) is 3.82. The number of anilines is 3. The second-order valence-corrected chi connectivity index (χ2v) is 6.66. The monoisotopic (exact) mass is 342 g/mol. The molecule has 1 saturated heterocycles. The molecule has 2 aliphatic rings. The topological polar surface area (TPSA) is 30.9 Å². The molecule has 4 nitrogen and oxygen atoms in total. The lowest BCUT2D eigenvalue weighted by molar-refractivity contribution is 0.521. The molecule has 0 saturated carbocycles. The number of likely N-dealkylation sites (tertiary alicyclic amines) is 1. The molecule has 25 heavy (non-hydrogen) atoms. The smallest absolute Gasteiger partial charge is 0.148 e. The van der Waals surface area contributed by atoms with Gasteiger partial charge in [0.2, 0.25) is 0 Å². The minimum Gasteiger partial charge on any atom is -0.375 e. The highest BCUT2D eigenvalue weighted by molar-refractivity contribution is 6.08. The van der Waals surface area contributed by atoms with Gasteiger partial charge in [-0.1, -0.05) is 0 Å². The number of nitrogens with one attached hydrogen (secondary N) is 1. The van der Waals surface area contributed by atoms with Gasteiger partial charge in [-0.05, 0) is 37.1 Å². The summed E-state index contributed by atoms with van der Waals surface area (Å²) in [6, 6.07) is 7.78. The van der Waals surface area contributed by atoms with E-state index in [0.29, 0.717) is 22.7 Å². The Balaban J connectivity index is 1.92. The molecule has 6 heteroatoms. The first-order valence-corrected chi connectivity index (χ1v) is 8.44. The maximum Gasteiger partial charge on any atom is 0.148 e. The lowest BCUT2D eigenvalue weighted by atomic mass is 10.1. The Labute approximate surface area is 145 Å². The minimum absolute atomic E-state index is 0.333. The Morgan fingerprint density at radius 1 is 1.04 bits per heavy atom. The quantitative estimate of drug-likeness (QED) is 0.840. The molecular weight excluding hydrogens is 322 g/mol. The van der Waals surface area contributed by atoms with Gasteiger partial charge in [0.15, 0.2) is 0 Å². The van der Waals surface area contributed by atoms with Crippen LogP contribution in [0.3, 0.4) is 0 Å². The van der Waals surface area contributed by atoms with Crippen LogP contribution in [0.4, 0.5) is 31.5 Å². The molecular formula is C19H20F2N4. The van der Waals surface area contributed by atoms with E-state index in [-0.39, 0.29) is 11.6 Å². The zero-order valence-corrected chi connectivity index (χ0v) is 14.3. The molecule has 1 N–H and O–H groups in total. The average molecular weight is 342 g/mol. The van der Waals surface area contributed by atoms with Crippen LogP contribution in [0.5, 0.6) is 0 Å². The maximum atomic E-state index is 14.4. The SMILES string of the molecule is CN(C)c1cc2c(cc1F)Nc1cc(F)ccc1C(N1CCCC1)=N2. The number of benzene rings is 2. The maximum absolute atomic E-state index is 14.4. The normalized spacial score (nSPS) is 15.8. The zero-order valence-electron chi connectivity index (χ0n) is 14.3. The molecule has 0 amide bonds. The highest BCUT2D eigenvalue weighted by Crippen LogP contribution is 2.39. The number of nitrogens with zero attached hydrogens (tertiary/aromatic N) is 3. The molecule has 0 atom stereocenters. The summed E-state index contributed by atoms with van der Waals surface area (Å²) >= 11 is 0. The molecule has 0 radical (unpaired) electrons. The van der Waals surface area contributed by atoms with Crippen molar-refractivity contribution in [1.29, 1.82) is 0 Å². The van der Waals surface area contributed by atoms with Crippen molar-refractivity contribution in [2.24, 2.45) is 4.99 Å². The second kappa shape index (κ2) is 6.02. The standard InChI is InChI=1S/C19H20F2N4/c1-24(2)18-11-17-16(10-14(18)21)22-15-9-12(20)5-6-13(15)19(23-17)25-7-3-4-8-25/h5-6,9-11,22H,3-4,7-8H2,1-2H3. The van der Waals surface area contributed by atoms with Crippen LogP contribution in [0.15, 0.2) is 35.3 Å². The third-order valence-corrected chi connectivity index (χ3v) is 4.67. The Hall–Kier alpha value is -2.63. The van der Waals surface area contributed by atoms with E-state index in [1.807, 2.05) is 0 Å². The fraction of sp³-hybridized carbons (Fsp3) is 0.316. The van der Waals surface area contributed by atoms with E-state index in [1.165, 1.54) is 18.2 Å². The van der Waals surface area contributed by atoms with E-state index in [1.54, 1.807) is 31.1 Å². The van der Waals surface area contributed by atoms with E-state index in [2.05, 4.69) is 10.2 Å². The minimum atomic E-state index is -0.339. The van der Waals surface area contributed by atoms with Crippen LogP contribution in [0.1, 0.15) is 18.4 Å². The van der Waals surface area contributed by atoms with Gasteiger partial charge in [0.1, 0.15) is 17.5 Å². The van der Waals surface area contributed by atoms with E-state index in [9.17, 15) is 8.78 Å². The summed E-state index contributed by atoms with van der Waals surface area (Å²) in [5.74, 6) is 0.143. The van der Waals surface area contributed by atoms with Crippen molar-refractivity contribution in [3.63, 3.8) is 0 Å². The fourth-order valence-corrected chi connectivity index (χ4v) is 3.39. The first-order valence-electron chi connectivity index (χ1n) is 8.44. The third-order valence-electron chi connectivity index (χ3n) is 4.67. The van der Waals surface area contributed by atoms with Crippen molar-refractivity contribution < 1.29 is 8.78 Å². The van der Waals surface area contributed by atoms with Crippen molar-refractivity contribution in [2.45, 2.75) is 12.8 Å². The van der Waals surface area contributed by atoms with Gasteiger partial charge < -0.3 is 15.1 Å². The number of halogens is 2. The van der Waals surface area contributed by atoms with Crippen LogP contribution in [-0.4, -0.2) is 37.9 Å². The third kappa shape index (κ3) is 2.81. The number of amidine groups is 1. The fourth-order valence-electron chi connectivity index (χ4n) is 3.39. The van der Waals surface area contributed by atoms with Crippen LogP contribution < -0.4 is 10.2 Å². The molecule has 0 aromatic heterocycles. The van der Waals surface area contributed by atoms with Gasteiger partial charge in [-0.25, -0.2) is 13.8 Å². The second-order valence-electron chi connectivity index (χ2n) is 6.66. The highest BCUT2D eigenvalue weighted by Gasteiger charge is 2.25. The largest absolute Gasteiger partial charge is 0.375 e. The number of fused-ring (bicyclic) bond motifs is 2. The molecule has 1 fully saturated rings. The first kappa shape index (κ1) is 15.9. The Morgan fingerprint density at radius 3 is 2.52 bits per heavy atom.